The summed E-state index contributed by atoms with van der Waals surface area (Å²) in [5.74, 6) is 1.62. The van der Waals surface area contributed by atoms with Crippen molar-refractivity contribution in [2.45, 2.75) is 45.0 Å². The van der Waals surface area contributed by atoms with E-state index in [1.807, 2.05) is 31.2 Å². The molecule has 0 saturated heterocycles. The Hall–Kier alpha value is -1.26. The lowest BCUT2D eigenvalue weighted by atomic mass is 10.3. The first-order valence-corrected chi connectivity index (χ1v) is 7.32. The summed E-state index contributed by atoms with van der Waals surface area (Å²) in [5, 5.41) is 0. The summed E-state index contributed by atoms with van der Waals surface area (Å²) in [7, 11) is 1.62. The highest BCUT2D eigenvalue weighted by Crippen LogP contribution is 2.31. The third kappa shape index (κ3) is 4.69. The minimum atomic E-state index is -0.205. The van der Waals surface area contributed by atoms with Gasteiger partial charge >= 0.3 is 0 Å². The molecule has 1 aromatic carbocycles. The Morgan fingerprint density at radius 3 is 2.50 bits per heavy atom. The van der Waals surface area contributed by atoms with Crippen LogP contribution < -0.4 is 9.47 Å². The molecule has 0 radical (unpaired) electrons. The van der Waals surface area contributed by atoms with Crippen LogP contribution in [0.25, 0.3) is 0 Å². The van der Waals surface area contributed by atoms with Crippen molar-refractivity contribution >= 4 is 0 Å². The second kappa shape index (κ2) is 8.12. The van der Waals surface area contributed by atoms with E-state index in [0.29, 0.717) is 19.3 Å². The number of ether oxygens (including phenoxy) is 4. The van der Waals surface area contributed by atoms with E-state index in [1.54, 1.807) is 7.11 Å². The van der Waals surface area contributed by atoms with Gasteiger partial charge in [-0.3, -0.25) is 0 Å². The van der Waals surface area contributed by atoms with Gasteiger partial charge in [-0.2, -0.15) is 0 Å². The first-order chi connectivity index (χ1) is 9.79. The maximum absolute atomic E-state index is 6.02. The predicted octanol–water partition coefficient (Wildman–Crippen LogP) is 3.40. The van der Waals surface area contributed by atoms with Gasteiger partial charge in [-0.15, -0.1) is 0 Å². The number of methoxy groups -OCH3 is 1. The minimum Gasteiger partial charge on any atom is -0.487 e. The van der Waals surface area contributed by atoms with Gasteiger partial charge in [0.25, 0.3) is 0 Å². The number of rotatable bonds is 8. The van der Waals surface area contributed by atoms with Gasteiger partial charge < -0.3 is 18.9 Å². The van der Waals surface area contributed by atoms with Crippen molar-refractivity contribution in [2.24, 2.45) is 0 Å². The average Bonchev–Trinajstić information content (AvgIpc) is 2.98. The molecule has 0 heterocycles. The molecule has 1 aliphatic rings. The van der Waals surface area contributed by atoms with Crippen molar-refractivity contribution in [2.75, 3.05) is 20.3 Å². The molecule has 112 valence electrons. The van der Waals surface area contributed by atoms with Crippen molar-refractivity contribution < 1.29 is 18.9 Å². The molecule has 0 spiro atoms. The van der Waals surface area contributed by atoms with Gasteiger partial charge in [-0.05, 0) is 44.7 Å². The SMILES string of the molecule is COC(C)OCCOc1ccccc1OC1CCCC1. The molecule has 1 aliphatic carbocycles. The summed E-state index contributed by atoms with van der Waals surface area (Å²) in [6.07, 6.45) is 4.94. The number of hydrogen-bond donors (Lipinski definition) is 0. The summed E-state index contributed by atoms with van der Waals surface area (Å²) < 4.78 is 22.2. The highest BCUT2D eigenvalue weighted by molar-refractivity contribution is 5.39. The molecule has 1 unspecified atom stereocenters. The highest BCUT2D eigenvalue weighted by Gasteiger charge is 2.18. The maximum atomic E-state index is 6.02. The molecule has 0 bridgehead atoms. The van der Waals surface area contributed by atoms with E-state index in [4.69, 9.17) is 18.9 Å². The second-order valence-electron chi connectivity index (χ2n) is 4.99. The Bertz CT molecular complexity index is 388. The summed E-state index contributed by atoms with van der Waals surface area (Å²) in [4.78, 5) is 0. The topological polar surface area (TPSA) is 36.9 Å². The molecule has 0 aromatic heterocycles. The van der Waals surface area contributed by atoms with Crippen LogP contribution in [0.15, 0.2) is 24.3 Å². The summed E-state index contributed by atoms with van der Waals surface area (Å²) in [6, 6.07) is 7.83. The Labute approximate surface area is 121 Å². The number of para-hydroxylation sites is 2. The van der Waals surface area contributed by atoms with Crippen molar-refractivity contribution in [3.63, 3.8) is 0 Å². The van der Waals surface area contributed by atoms with Gasteiger partial charge in [0.2, 0.25) is 0 Å². The molecule has 2 rings (SSSR count). The van der Waals surface area contributed by atoms with E-state index in [0.717, 1.165) is 24.3 Å². The van der Waals surface area contributed by atoms with Gasteiger partial charge in [-0.25, -0.2) is 0 Å². The van der Waals surface area contributed by atoms with Crippen molar-refractivity contribution in [3.05, 3.63) is 24.3 Å². The van der Waals surface area contributed by atoms with Crippen LogP contribution in [0.2, 0.25) is 0 Å². The number of benzene rings is 1. The van der Waals surface area contributed by atoms with Crippen LogP contribution in [0.1, 0.15) is 32.6 Å². The van der Waals surface area contributed by atoms with Gasteiger partial charge in [0, 0.05) is 7.11 Å². The zero-order chi connectivity index (χ0) is 14.2. The Morgan fingerprint density at radius 2 is 1.80 bits per heavy atom. The molecule has 0 N–H and O–H groups in total. The van der Waals surface area contributed by atoms with E-state index < -0.39 is 0 Å². The third-order valence-electron chi connectivity index (χ3n) is 3.47. The average molecular weight is 280 g/mol. The largest absolute Gasteiger partial charge is 0.487 e. The Morgan fingerprint density at radius 1 is 1.10 bits per heavy atom. The van der Waals surface area contributed by atoms with Crippen LogP contribution in [0.4, 0.5) is 0 Å². The van der Waals surface area contributed by atoms with E-state index in [1.165, 1.54) is 12.8 Å². The zero-order valence-electron chi connectivity index (χ0n) is 12.3. The molecule has 1 fully saturated rings. The summed E-state index contributed by atoms with van der Waals surface area (Å²) in [6.45, 7) is 2.84. The molecule has 20 heavy (non-hydrogen) atoms. The molecule has 4 nitrogen and oxygen atoms in total. The first-order valence-electron chi connectivity index (χ1n) is 7.32. The van der Waals surface area contributed by atoms with E-state index in [-0.39, 0.29) is 6.29 Å². The van der Waals surface area contributed by atoms with Crippen LogP contribution in [0, 0.1) is 0 Å². The fraction of sp³-hybridized carbons (Fsp3) is 0.625. The smallest absolute Gasteiger partial charge is 0.161 e. The van der Waals surface area contributed by atoms with Crippen LogP contribution in [-0.2, 0) is 9.47 Å². The maximum Gasteiger partial charge on any atom is 0.161 e. The van der Waals surface area contributed by atoms with Crippen LogP contribution in [0.5, 0.6) is 11.5 Å². The van der Waals surface area contributed by atoms with Crippen LogP contribution in [-0.4, -0.2) is 32.7 Å². The standard InChI is InChI=1S/C16H24O4/c1-13(17-2)18-11-12-19-15-9-5-6-10-16(15)20-14-7-3-4-8-14/h5-6,9-10,13-14H,3-4,7-8,11-12H2,1-2H3. The molecular formula is C16H24O4. The lowest BCUT2D eigenvalue weighted by molar-refractivity contribution is -0.115. The van der Waals surface area contributed by atoms with Gasteiger partial charge in [-0.1, -0.05) is 12.1 Å². The van der Waals surface area contributed by atoms with Gasteiger partial charge in [0.15, 0.2) is 17.8 Å². The minimum absolute atomic E-state index is 0.205. The monoisotopic (exact) mass is 280 g/mol. The molecule has 1 atom stereocenters. The van der Waals surface area contributed by atoms with Crippen molar-refractivity contribution in [1.29, 1.82) is 0 Å². The lowest BCUT2D eigenvalue weighted by Gasteiger charge is -2.17. The zero-order valence-corrected chi connectivity index (χ0v) is 12.3. The Balaban J connectivity index is 1.81. The number of hydrogen-bond acceptors (Lipinski definition) is 4. The predicted molar refractivity (Wildman–Crippen MR) is 77.2 cm³/mol. The summed E-state index contributed by atoms with van der Waals surface area (Å²) in [5.41, 5.74) is 0. The molecule has 0 aliphatic heterocycles. The molecule has 1 saturated carbocycles. The van der Waals surface area contributed by atoms with E-state index >= 15 is 0 Å². The molecular weight excluding hydrogens is 256 g/mol. The fourth-order valence-electron chi connectivity index (χ4n) is 2.29. The van der Waals surface area contributed by atoms with Crippen LogP contribution in [0.3, 0.4) is 0 Å². The second-order valence-corrected chi connectivity index (χ2v) is 4.99. The van der Waals surface area contributed by atoms with Crippen molar-refractivity contribution in [3.8, 4) is 11.5 Å². The molecule has 4 heteroatoms. The summed E-state index contributed by atoms with van der Waals surface area (Å²) >= 11 is 0. The van der Waals surface area contributed by atoms with Gasteiger partial charge in [0.05, 0.1) is 12.7 Å². The molecule has 1 aromatic rings. The fourth-order valence-corrected chi connectivity index (χ4v) is 2.29. The van der Waals surface area contributed by atoms with Crippen LogP contribution >= 0.6 is 0 Å². The Kier molecular flexibility index (Phi) is 6.15. The third-order valence-corrected chi connectivity index (χ3v) is 3.47. The lowest BCUT2D eigenvalue weighted by Crippen LogP contribution is -2.16. The first kappa shape index (κ1) is 15.1. The quantitative estimate of drug-likeness (QED) is 0.540. The van der Waals surface area contributed by atoms with Gasteiger partial charge in [0.1, 0.15) is 6.61 Å². The highest BCUT2D eigenvalue weighted by atomic mass is 16.7. The van der Waals surface area contributed by atoms with E-state index in [2.05, 4.69) is 0 Å². The normalized spacial score (nSPS) is 17.1. The van der Waals surface area contributed by atoms with E-state index in [9.17, 15) is 0 Å². The van der Waals surface area contributed by atoms with Crippen molar-refractivity contribution in [1.82, 2.24) is 0 Å². The molecule has 0 amide bonds.